The third-order valence-corrected chi connectivity index (χ3v) is 2.75. The van der Waals surface area contributed by atoms with Crippen LogP contribution in [0.25, 0.3) is 0 Å². The van der Waals surface area contributed by atoms with Gasteiger partial charge in [-0.3, -0.25) is 0 Å². The molecule has 0 radical (unpaired) electrons. The second kappa shape index (κ2) is 4.23. The predicted octanol–water partition coefficient (Wildman–Crippen LogP) is 2.58. The molecule has 0 fully saturated rings. The summed E-state index contributed by atoms with van der Waals surface area (Å²) in [6, 6.07) is 4.18. The Kier molecular flexibility index (Phi) is 3.40. The van der Waals surface area contributed by atoms with Gasteiger partial charge in [0, 0.05) is 11.0 Å². The molecule has 0 aromatic heterocycles. The Morgan fingerprint density at radius 3 is 2.33 bits per heavy atom. The highest BCUT2D eigenvalue weighted by molar-refractivity contribution is 5.47. The Hall–Kier alpha value is -1.02. The average molecular weight is 208 g/mol. The van der Waals surface area contributed by atoms with Crippen molar-refractivity contribution in [3.8, 4) is 5.75 Å². The SMILES string of the molecule is COc1c(C)cc(C)cc1C(C)(C)CO. The zero-order valence-corrected chi connectivity index (χ0v) is 10.2. The van der Waals surface area contributed by atoms with E-state index in [0.717, 1.165) is 16.9 Å². The molecule has 0 bridgehead atoms. The number of aryl methyl sites for hydroxylation is 2. The van der Waals surface area contributed by atoms with Crippen LogP contribution in [-0.2, 0) is 5.41 Å². The van der Waals surface area contributed by atoms with Crippen molar-refractivity contribution in [2.75, 3.05) is 13.7 Å². The van der Waals surface area contributed by atoms with E-state index in [1.165, 1.54) is 5.56 Å². The van der Waals surface area contributed by atoms with Crippen LogP contribution in [0.4, 0.5) is 0 Å². The molecule has 84 valence electrons. The first-order valence-electron chi connectivity index (χ1n) is 5.19. The molecule has 1 N–H and O–H groups in total. The molecule has 0 aliphatic heterocycles. The fraction of sp³-hybridized carbons (Fsp3) is 0.538. The summed E-state index contributed by atoms with van der Waals surface area (Å²) >= 11 is 0. The molecule has 0 aliphatic rings. The third kappa shape index (κ3) is 2.32. The minimum absolute atomic E-state index is 0.117. The van der Waals surface area contributed by atoms with E-state index in [9.17, 15) is 5.11 Å². The van der Waals surface area contributed by atoms with Crippen LogP contribution in [0, 0.1) is 13.8 Å². The molecule has 0 saturated heterocycles. The van der Waals surface area contributed by atoms with E-state index in [2.05, 4.69) is 19.1 Å². The van der Waals surface area contributed by atoms with Crippen LogP contribution in [0.2, 0.25) is 0 Å². The highest BCUT2D eigenvalue weighted by Gasteiger charge is 2.24. The maximum Gasteiger partial charge on any atom is 0.125 e. The Bertz CT molecular complexity index is 354. The van der Waals surface area contributed by atoms with Crippen molar-refractivity contribution in [1.29, 1.82) is 0 Å². The molecule has 1 aromatic carbocycles. The van der Waals surface area contributed by atoms with Crippen molar-refractivity contribution >= 4 is 0 Å². The van der Waals surface area contributed by atoms with Crippen LogP contribution in [-0.4, -0.2) is 18.8 Å². The highest BCUT2D eigenvalue weighted by Crippen LogP contribution is 2.34. The molecular weight excluding hydrogens is 188 g/mol. The van der Waals surface area contributed by atoms with Crippen molar-refractivity contribution in [1.82, 2.24) is 0 Å². The minimum atomic E-state index is -0.262. The lowest BCUT2D eigenvalue weighted by Gasteiger charge is -2.26. The van der Waals surface area contributed by atoms with Crippen molar-refractivity contribution in [3.05, 3.63) is 28.8 Å². The van der Waals surface area contributed by atoms with Gasteiger partial charge in [-0.2, -0.15) is 0 Å². The average Bonchev–Trinajstić information content (AvgIpc) is 2.16. The molecule has 0 aliphatic carbocycles. The van der Waals surface area contributed by atoms with Gasteiger partial charge in [0.1, 0.15) is 5.75 Å². The fourth-order valence-corrected chi connectivity index (χ4v) is 1.81. The first-order valence-corrected chi connectivity index (χ1v) is 5.19. The quantitative estimate of drug-likeness (QED) is 0.827. The summed E-state index contributed by atoms with van der Waals surface area (Å²) in [7, 11) is 1.68. The molecule has 0 heterocycles. The van der Waals surface area contributed by atoms with Crippen LogP contribution in [0.5, 0.6) is 5.75 Å². The van der Waals surface area contributed by atoms with Gasteiger partial charge in [-0.1, -0.05) is 31.5 Å². The first-order chi connectivity index (χ1) is 6.92. The van der Waals surface area contributed by atoms with E-state index in [4.69, 9.17) is 4.74 Å². The molecule has 0 amide bonds. The normalized spacial score (nSPS) is 11.6. The van der Waals surface area contributed by atoms with E-state index < -0.39 is 0 Å². The molecule has 0 spiro atoms. The molecule has 0 atom stereocenters. The smallest absolute Gasteiger partial charge is 0.125 e. The standard InChI is InChI=1S/C13H20O2/c1-9-6-10(2)12(15-5)11(7-9)13(3,4)8-14/h6-7,14H,8H2,1-5H3. The molecule has 15 heavy (non-hydrogen) atoms. The number of hydrogen-bond acceptors (Lipinski definition) is 2. The summed E-state index contributed by atoms with van der Waals surface area (Å²) in [6.07, 6.45) is 0. The maximum atomic E-state index is 9.39. The summed E-state index contributed by atoms with van der Waals surface area (Å²) in [5, 5.41) is 9.39. The van der Waals surface area contributed by atoms with Crippen LogP contribution in [0.15, 0.2) is 12.1 Å². The van der Waals surface area contributed by atoms with Gasteiger partial charge in [0.25, 0.3) is 0 Å². The number of rotatable bonds is 3. The van der Waals surface area contributed by atoms with Gasteiger partial charge in [0.2, 0.25) is 0 Å². The third-order valence-electron chi connectivity index (χ3n) is 2.75. The van der Waals surface area contributed by atoms with E-state index in [1.807, 2.05) is 20.8 Å². The zero-order chi connectivity index (χ0) is 11.6. The summed E-state index contributed by atoms with van der Waals surface area (Å²) in [5.41, 5.74) is 3.13. The van der Waals surface area contributed by atoms with Gasteiger partial charge < -0.3 is 9.84 Å². The van der Waals surface area contributed by atoms with E-state index >= 15 is 0 Å². The van der Waals surface area contributed by atoms with E-state index in [1.54, 1.807) is 7.11 Å². The lowest BCUT2D eigenvalue weighted by molar-refractivity contribution is 0.214. The van der Waals surface area contributed by atoms with Gasteiger partial charge in [0.15, 0.2) is 0 Å². The van der Waals surface area contributed by atoms with Crippen molar-refractivity contribution in [3.63, 3.8) is 0 Å². The lowest BCUT2D eigenvalue weighted by atomic mass is 9.83. The van der Waals surface area contributed by atoms with Gasteiger partial charge in [-0.05, 0) is 19.4 Å². The topological polar surface area (TPSA) is 29.5 Å². The van der Waals surface area contributed by atoms with Crippen molar-refractivity contribution in [2.24, 2.45) is 0 Å². The van der Waals surface area contributed by atoms with E-state index in [-0.39, 0.29) is 12.0 Å². The Morgan fingerprint density at radius 2 is 1.87 bits per heavy atom. The molecule has 2 heteroatoms. The first kappa shape index (κ1) is 12.1. The lowest BCUT2D eigenvalue weighted by Crippen LogP contribution is -2.23. The monoisotopic (exact) mass is 208 g/mol. The summed E-state index contributed by atoms with van der Waals surface area (Å²) in [5.74, 6) is 0.889. The van der Waals surface area contributed by atoms with E-state index in [0.29, 0.717) is 0 Å². The second-order valence-electron chi connectivity index (χ2n) is 4.70. The molecule has 1 aromatic rings. The van der Waals surface area contributed by atoms with Crippen LogP contribution < -0.4 is 4.74 Å². The molecule has 0 unspecified atom stereocenters. The highest BCUT2D eigenvalue weighted by atomic mass is 16.5. The van der Waals surface area contributed by atoms with Gasteiger partial charge in [-0.15, -0.1) is 0 Å². The summed E-state index contributed by atoms with van der Waals surface area (Å²) in [6.45, 7) is 8.24. The number of benzene rings is 1. The Labute approximate surface area is 91.9 Å². The van der Waals surface area contributed by atoms with Crippen molar-refractivity contribution in [2.45, 2.75) is 33.1 Å². The Balaban J connectivity index is 3.39. The fourth-order valence-electron chi connectivity index (χ4n) is 1.81. The predicted molar refractivity (Wildman–Crippen MR) is 62.6 cm³/mol. The molecule has 1 rings (SSSR count). The number of hydrogen-bond donors (Lipinski definition) is 1. The Morgan fingerprint density at radius 1 is 1.27 bits per heavy atom. The number of aliphatic hydroxyl groups excluding tert-OH is 1. The molecule has 2 nitrogen and oxygen atoms in total. The van der Waals surface area contributed by atoms with Crippen LogP contribution >= 0.6 is 0 Å². The second-order valence-corrected chi connectivity index (χ2v) is 4.70. The molecular formula is C13H20O2. The molecule has 0 saturated carbocycles. The van der Waals surface area contributed by atoms with Crippen LogP contribution in [0.1, 0.15) is 30.5 Å². The van der Waals surface area contributed by atoms with Crippen molar-refractivity contribution < 1.29 is 9.84 Å². The van der Waals surface area contributed by atoms with Crippen LogP contribution in [0.3, 0.4) is 0 Å². The number of aliphatic hydroxyl groups is 1. The summed E-state index contributed by atoms with van der Waals surface area (Å²) < 4.78 is 5.41. The summed E-state index contributed by atoms with van der Waals surface area (Å²) in [4.78, 5) is 0. The van der Waals surface area contributed by atoms with Gasteiger partial charge in [-0.25, -0.2) is 0 Å². The van der Waals surface area contributed by atoms with Gasteiger partial charge >= 0.3 is 0 Å². The number of ether oxygens (including phenoxy) is 1. The zero-order valence-electron chi connectivity index (χ0n) is 10.2. The largest absolute Gasteiger partial charge is 0.496 e. The van der Waals surface area contributed by atoms with Gasteiger partial charge in [0.05, 0.1) is 13.7 Å². The number of methoxy groups -OCH3 is 1. The maximum absolute atomic E-state index is 9.39. The minimum Gasteiger partial charge on any atom is -0.496 e.